The van der Waals surface area contributed by atoms with Crippen LogP contribution in [0.2, 0.25) is 0 Å². The van der Waals surface area contributed by atoms with Crippen molar-refractivity contribution in [1.29, 1.82) is 0 Å². The number of pyridine rings is 1. The monoisotopic (exact) mass is 319 g/mol. The van der Waals surface area contributed by atoms with E-state index in [2.05, 4.69) is 40.9 Å². The summed E-state index contributed by atoms with van der Waals surface area (Å²) in [6.45, 7) is 4.28. The second-order valence-corrected chi connectivity index (χ2v) is 6.40. The minimum absolute atomic E-state index is 0.267. The molecule has 0 bridgehead atoms. The maximum Gasteiger partial charge on any atom is 0.160 e. The number of fused-ring (bicyclic) bond motifs is 1. The summed E-state index contributed by atoms with van der Waals surface area (Å²) >= 11 is 7.94. The number of hydrogen-bond donors (Lipinski definition) is 0. The molecule has 3 nitrogen and oxygen atoms in total. The van der Waals surface area contributed by atoms with Crippen LogP contribution < -0.4 is 0 Å². The Bertz CT molecular complexity index is 733. The van der Waals surface area contributed by atoms with Gasteiger partial charge in [-0.2, -0.15) is 0 Å². The normalized spacial score (nSPS) is 12.9. The molecule has 1 atom stereocenters. The molecule has 0 amide bonds. The second kappa shape index (κ2) is 6.16. The van der Waals surface area contributed by atoms with Crippen molar-refractivity contribution in [2.45, 2.75) is 38.6 Å². The van der Waals surface area contributed by atoms with Crippen molar-refractivity contribution in [3.05, 3.63) is 46.0 Å². The summed E-state index contributed by atoms with van der Waals surface area (Å²) in [5.74, 6) is 1.31. The van der Waals surface area contributed by atoms with Crippen LogP contribution in [0.15, 0.2) is 29.8 Å². The van der Waals surface area contributed by atoms with E-state index in [9.17, 15) is 0 Å². The van der Waals surface area contributed by atoms with E-state index in [-0.39, 0.29) is 6.04 Å². The first-order valence-corrected chi connectivity index (χ1v) is 8.59. The first-order valence-electron chi connectivity index (χ1n) is 7.18. The van der Waals surface area contributed by atoms with E-state index in [1.165, 1.54) is 4.88 Å². The van der Waals surface area contributed by atoms with Gasteiger partial charge in [-0.05, 0) is 36.4 Å². The third kappa shape index (κ3) is 2.58. The minimum Gasteiger partial charge on any atom is -0.303 e. The lowest BCUT2D eigenvalue weighted by Gasteiger charge is -2.19. The molecule has 3 rings (SSSR count). The van der Waals surface area contributed by atoms with Gasteiger partial charge in [0.25, 0.3) is 0 Å². The van der Waals surface area contributed by atoms with Crippen molar-refractivity contribution >= 4 is 34.1 Å². The molecule has 0 radical (unpaired) electrons. The van der Waals surface area contributed by atoms with Crippen molar-refractivity contribution in [2.24, 2.45) is 0 Å². The first-order chi connectivity index (χ1) is 10.3. The van der Waals surface area contributed by atoms with Crippen molar-refractivity contribution < 1.29 is 0 Å². The van der Waals surface area contributed by atoms with Gasteiger partial charge >= 0.3 is 0 Å². The Balaban J connectivity index is 2.23. The fourth-order valence-electron chi connectivity index (χ4n) is 2.73. The average Bonchev–Trinajstić information content (AvgIpc) is 3.13. The lowest BCUT2D eigenvalue weighted by Crippen LogP contribution is -2.12. The Kier molecular flexibility index (Phi) is 4.27. The summed E-state index contributed by atoms with van der Waals surface area (Å²) in [4.78, 5) is 10.6. The van der Waals surface area contributed by atoms with Crippen molar-refractivity contribution in [1.82, 2.24) is 14.5 Å². The number of halogens is 1. The van der Waals surface area contributed by atoms with Gasteiger partial charge in [0, 0.05) is 11.1 Å². The molecule has 0 aliphatic rings. The van der Waals surface area contributed by atoms with Crippen LogP contribution in [0.3, 0.4) is 0 Å². The van der Waals surface area contributed by atoms with Gasteiger partial charge < -0.3 is 4.57 Å². The molecule has 0 aliphatic carbocycles. The molecule has 0 aliphatic heterocycles. The topological polar surface area (TPSA) is 30.7 Å². The third-order valence-corrected chi connectivity index (χ3v) is 4.93. The molecule has 0 saturated heterocycles. The highest BCUT2D eigenvalue weighted by Gasteiger charge is 2.22. The maximum atomic E-state index is 6.15. The fourth-order valence-corrected chi connectivity index (χ4v) is 3.77. The smallest absolute Gasteiger partial charge is 0.160 e. The molecule has 0 aromatic carbocycles. The largest absolute Gasteiger partial charge is 0.303 e. The number of alkyl halides is 1. The first kappa shape index (κ1) is 14.5. The Morgan fingerprint density at radius 1 is 1.38 bits per heavy atom. The van der Waals surface area contributed by atoms with Crippen LogP contribution in [0.25, 0.3) is 11.2 Å². The predicted molar refractivity (Wildman–Crippen MR) is 89.2 cm³/mol. The highest BCUT2D eigenvalue weighted by atomic mass is 35.5. The zero-order chi connectivity index (χ0) is 14.8. The quantitative estimate of drug-likeness (QED) is 0.624. The molecule has 110 valence electrons. The molecule has 0 spiro atoms. The Morgan fingerprint density at radius 2 is 2.24 bits per heavy atom. The molecule has 3 heterocycles. The zero-order valence-electron chi connectivity index (χ0n) is 12.2. The predicted octanol–water partition coefficient (Wildman–Crippen LogP) is 4.93. The van der Waals surface area contributed by atoms with Crippen molar-refractivity contribution in [3.63, 3.8) is 0 Å². The van der Waals surface area contributed by atoms with Crippen LogP contribution in [0.1, 0.15) is 42.1 Å². The molecular weight excluding hydrogens is 302 g/mol. The van der Waals surface area contributed by atoms with E-state index in [1.54, 1.807) is 11.3 Å². The summed E-state index contributed by atoms with van der Waals surface area (Å²) in [5, 5.41) is 2.12. The van der Waals surface area contributed by atoms with Crippen molar-refractivity contribution in [2.75, 3.05) is 0 Å². The molecule has 0 saturated carbocycles. The molecule has 3 aromatic rings. The molecule has 21 heavy (non-hydrogen) atoms. The number of imidazole rings is 1. The van der Waals surface area contributed by atoms with Gasteiger partial charge in [-0.1, -0.05) is 19.4 Å². The van der Waals surface area contributed by atoms with Crippen LogP contribution in [-0.2, 0) is 5.88 Å². The zero-order valence-corrected chi connectivity index (χ0v) is 13.8. The van der Waals surface area contributed by atoms with E-state index in [0.29, 0.717) is 5.88 Å². The highest BCUT2D eigenvalue weighted by Crippen LogP contribution is 2.32. The van der Waals surface area contributed by atoms with Crippen LogP contribution in [-0.4, -0.2) is 14.5 Å². The number of hydrogen-bond acceptors (Lipinski definition) is 3. The fraction of sp³-hybridized carbons (Fsp3) is 0.375. The van der Waals surface area contributed by atoms with E-state index in [1.807, 2.05) is 12.3 Å². The van der Waals surface area contributed by atoms with Gasteiger partial charge in [-0.15, -0.1) is 22.9 Å². The Morgan fingerprint density at radius 3 is 2.90 bits per heavy atom. The summed E-state index contributed by atoms with van der Waals surface area (Å²) in [7, 11) is 0. The van der Waals surface area contributed by atoms with Crippen LogP contribution >= 0.6 is 22.9 Å². The van der Waals surface area contributed by atoms with Crippen LogP contribution in [0.5, 0.6) is 0 Å². The van der Waals surface area contributed by atoms with Crippen LogP contribution in [0, 0.1) is 6.92 Å². The average molecular weight is 320 g/mol. The molecule has 3 aromatic heterocycles. The standard InChI is InChI=1S/C16H18ClN3S/c1-3-5-12(13-6-4-9-21-13)20-14(10-17)19-15-11(2)7-8-18-16(15)20/h4,6-9,12H,3,5,10H2,1-2H3. The number of aryl methyl sites for hydroxylation is 1. The maximum absolute atomic E-state index is 6.15. The summed E-state index contributed by atoms with van der Waals surface area (Å²) < 4.78 is 2.23. The van der Waals surface area contributed by atoms with Gasteiger partial charge in [0.1, 0.15) is 11.3 Å². The molecule has 0 fully saturated rings. The number of thiophene rings is 1. The number of nitrogens with zero attached hydrogens (tertiary/aromatic N) is 3. The van der Waals surface area contributed by atoms with Gasteiger partial charge in [0.2, 0.25) is 0 Å². The Hall–Kier alpha value is -1.39. The highest BCUT2D eigenvalue weighted by molar-refractivity contribution is 7.10. The van der Waals surface area contributed by atoms with E-state index < -0.39 is 0 Å². The molecule has 1 unspecified atom stereocenters. The number of rotatable bonds is 5. The second-order valence-electron chi connectivity index (χ2n) is 5.15. The Labute approximate surface area is 133 Å². The van der Waals surface area contributed by atoms with Crippen molar-refractivity contribution in [3.8, 4) is 0 Å². The SMILES string of the molecule is CCCC(c1cccs1)n1c(CCl)nc2c(C)ccnc21. The van der Waals surface area contributed by atoms with E-state index >= 15 is 0 Å². The molecular formula is C16H18ClN3S. The van der Waals surface area contributed by atoms with Gasteiger partial charge in [-0.3, -0.25) is 0 Å². The lowest BCUT2D eigenvalue weighted by atomic mass is 10.1. The summed E-state index contributed by atoms with van der Waals surface area (Å²) in [6.07, 6.45) is 4.02. The third-order valence-electron chi connectivity index (χ3n) is 3.72. The van der Waals surface area contributed by atoms with Gasteiger partial charge in [0.05, 0.1) is 11.9 Å². The number of aromatic nitrogens is 3. The lowest BCUT2D eigenvalue weighted by molar-refractivity contribution is 0.537. The molecule has 0 N–H and O–H groups in total. The summed E-state index contributed by atoms with van der Waals surface area (Å²) in [5.41, 5.74) is 3.05. The van der Waals surface area contributed by atoms with E-state index in [4.69, 9.17) is 16.6 Å². The van der Waals surface area contributed by atoms with E-state index in [0.717, 1.165) is 35.4 Å². The van der Waals surface area contributed by atoms with Crippen LogP contribution in [0.4, 0.5) is 0 Å². The van der Waals surface area contributed by atoms with Gasteiger partial charge in [0.15, 0.2) is 5.65 Å². The molecule has 5 heteroatoms. The minimum atomic E-state index is 0.267. The van der Waals surface area contributed by atoms with Gasteiger partial charge in [-0.25, -0.2) is 9.97 Å². The summed E-state index contributed by atoms with van der Waals surface area (Å²) in [6, 6.07) is 6.55.